The van der Waals surface area contributed by atoms with Crippen molar-refractivity contribution in [1.29, 1.82) is 0 Å². The van der Waals surface area contributed by atoms with Gasteiger partial charge in [0.05, 0.1) is 11.6 Å². The zero-order valence-electron chi connectivity index (χ0n) is 16.6. The van der Waals surface area contributed by atoms with Crippen molar-refractivity contribution in [3.63, 3.8) is 0 Å². The molecule has 1 N–H and O–H groups in total. The maximum Gasteiger partial charge on any atom is 0.320 e. The number of aliphatic carboxylic acids is 1. The van der Waals surface area contributed by atoms with Crippen molar-refractivity contribution in [3.8, 4) is 11.6 Å². The van der Waals surface area contributed by atoms with Crippen LogP contribution >= 0.6 is 11.6 Å². The number of benzene rings is 1. The van der Waals surface area contributed by atoms with Gasteiger partial charge in [0.2, 0.25) is 5.88 Å². The number of carbonyl (C=O) groups is 2. The van der Waals surface area contributed by atoms with Crippen LogP contribution in [0.3, 0.4) is 0 Å². The molecular formula is C21H24ClNO5. The van der Waals surface area contributed by atoms with Crippen molar-refractivity contribution in [2.45, 2.75) is 41.0 Å². The Kier molecular flexibility index (Phi) is 7.02. The standard InChI is InChI=1S/C21H24ClNO5/c1-6-27-21(26)16(20(24)25)10-15-17(22)9-14(5)23-19(15)28-18-12(3)7-11(2)8-13(18)4/h7-9,16H,6,10H2,1-5H3,(H,24,25). The van der Waals surface area contributed by atoms with Gasteiger partial charge in [-0.3, -0.25) is 9.59 Å². The monoisotopic (exact) mass is 405 g/mol. The lowest BCUT2D eigenvalue weighted by atomic mass is 9.99. The number of halogens is 1. The van der Waals surface area contributed by atoms with Crippen molar-refractivity contribution in [3.05, 3.63) is 51.2 Å². The highest BCUT2D eigenvalue weighted by Gasteiger charge is 2.31. The predicted octanol–water partition coefficient (Wildman–Crippen LogP) is 4.57. The van der Waals surface area contributed by atoms with Crippen molar-refractivity contribution in [2.75, 3.05) is 6.61 Å². The van der Waals surface area contributed by atoms with E-state index < -0.39 is 17.9 Å². The third-order valence-corrected chi connectivity index (χ3v) is 4.58. The average molecular weight is 406 g/mol. The molecule has 2 rings (SSSR count). The van der Waals surface area contributed by atoms with E-state index in [-0.39, 0.29) is 18.9 Å². The molecule has 0 saturated carbocycles. The Morgan fingerprint density at radius 3 is 2.29 bits per heavy atom. The summed E-state index contributed by atoms with van der Waals surface area (Å²) in [5.74, 6) is -2.69. The van der Waals surface area contributed by atoms with Gasteiger partial charge in [0.1, 0.15) is 5.75 Å². The third kappa shape index (κ3) is 5.01. The fourth-order valence-electron chi connectivity index (χ4n) is 3.04. The minimum atomic E-state index is -1.40. The maximum absolute atomic E-state index is 12.1. The SMILES string of the molecule is CCOC(=O)C(Cc1c(Cl)cc(C)nc1Oc1c(C)cc(C)cc1C)C(=O)O. The molecular weight excluding hydrogens is 382 g/mol. The molecule has 0 bridgehead atoms. The molecule has 0 aliphatic rings. The molecule has 2 aromatic rings. The van der Waals surface area contributed by atoms with Gasteiger partial charge in [0, 0.05) is 17.7 Å². The summed E-state index contributed by atoms with van der Waals surface area (Å²) in [4.78, 5) is 28.1. The van der Waals surface area contributed by atoms with Crippen LogP contribution in [0, 0.1) is 33.6 Å². The van der Waals surface area contributed by atoms with Gasteiger partial charge in [-0.2, -0.15) is 0 Å². The Morgan fingerprint density at radius 2 is 1.75 bits per heavy atom. The van der Waals surface area contributed by atoms with Crippen molar-refractivity contribution in [1.82, 2.24) is 4.98 Å². The second kappa shape index (κ2) is 9.06. The van der Waals surface area contributed by atoms with Gasteiger partial charge in [-0.25, -0.2) is 4.98 Å². The highest BCUT2D eigenvalue weighted by atomic mass is 35.5. The summed E-state index contributed by atoms with van der Waals surface area (Å²) in [5.41, 5.74) is 3.92. The number of carbonyl (C=O) groups excluding carboxylic acids is 1. The van der Waals surface area contributed by atoms with E-state index in [1.165, 1.54) is 0 Å². The summed E-state index contributed by atoms with van der Waals surface area (Å²) in [6.45, 7) is 9.31. The summed E-state index contributed by atoms with van der Waals surface area (Å²) < 4.78 is 11.0. The Balaban J connectivity index is 2.49. The zero-order chi connectivity index (χ0) is 21.0. The minimum absolute atomic E-state index is 0.0909. The first-order valence-corrected chi connectivity index (χ1v) is 9.33. The van der Waals surface area contributed by atoms with Crippen LogP contribution in [0.25, 0.3) is 0 Å². The second-order valence-corrected chi connectivity index (χ2v) is 7.11. The van der Waals surface area contributed by atoms with Gasteiger partial charge < -0.3 is 14.6 Å². The Bertz CT molecular complexity index is 887. The number of hydrogen-bond donors (Lipinski definition) is 1. The third-order valence-electron chi connectivity index (χ3n) is 4.24. The first-order valence-electron chi connectivity index (χ1n) is 8.95. The highest BCUT2D eigenvalue weighted by Crippen LogP contribution is 2.35. The number of hydrogen-bond acceptors (Lipinski definition) is 5. The van der Waals surface area contributed by atoms with Crippen LogP contribution in [0.15, 0.2) is 18.2 Å². The predicted molar refractivity (Wildman–Crippen MR) is 106 cm³/mol. The van der Waals surface area contributed by atoms with Gasteiger partial charge in [-0.1, -0.05) is 29.3 Å². The van der Waals surface area contributed by atoms with Gasteiger partial charge in [0.25, 0.3) is 0 Å². The molecule has 1 aromatic carbocycles. The molecule has 7 heteroatoms. The lowest BCUT2D eigenvalue weighted by molar-refractivity contribution is -0.158. The molecule has 6 nitrogen and oxygen atoms in total. The van der Waals surface area contributed by atoms with Crippen LogP contribution in [0.1, 0.15) is 34.9 Å². The summed E-state index contributed by atoms with van der Waals surface area (Å²) in [7, 11) is 0. The van der Waals surface area contributed by atoms with E-state index in [4.69, 9.17) is 21.1 Å². The largest absolute Gasteiger partial charge is 0.481 e. The van der Waals surface area contributed by atoms with Crippen LogP contribution in [-0.2, 0) is 20.7 Å². The second-order valence-electron chi connectivity index (χ2n) is 6.71. The molecule has 0 saturated heterocycles. The average Bonchev–Trinajstić information content (AvgIpc) is 2.56. The van der Waals surface area contributed by atoms with Crippen LogP contribution in [-0.4, -0.2) is 28.6 Å². The van der Waals surface area contributed by atoms with E-state index >= 15 is 0 Å². The number of aromatic nitrogens is 1. The number of nitrogens with zero attached hydrogens (tertiary/aromatic N) is 1. The minimum Gasteiger partial charge on any atom is -0.481 e. The molecule has 0 radical (unpaired) electrons. The first-order chi connectivity index (χ1) is 13.1. The molecule has 1 unspecified atom stereocenters. The highest BCUT2D eigenvalue weighted by molar-refractivity contribution is 6.31. The lowest BCUT2D eigenvalue weighted by Gasteiger charge is -2.18. The van der Waals surface area contributed by atoms with Crippen LogP contribution in [0.5, 0.6) is 11.6 Å². The molecule has 1 heterocycles. The Hall–Kier alpha value is -2.60. The van der Waals surface area contributed by atoms with Crippen LogP contribution in [0.4, 0.5) is 0 Å². The summed E-state index contributed by atoms with van der Waals surface area (Å²) >= 11 is 6.37. The molecule has 1 aromatic heterocycles. The van der Waals surface area contributed by atoms with Gasteiger partial charge in [0.15, 0.2) is 5.92 Å². The number of pyridine rings is 1. The van der Waals surface area contributed by atoms with E-state index in [0.717, 1.165) is 16.7 Å². The number of esters is 1. The normalized spacial score (nSPS) is 11.8. The summed E-state index contributed by atoms with van der Waals surface area (Å²) in [5, 5.41) is 9.76. The molecule has 0 spiro atoms. The number of aryl methyl sites for hydroxylation is 4. The van der Waals surface area contributed by atoms with E-state index in [0.29, 0.717) is 22.0 Å². The van der Waals surface area contributed by atoms with Crippen LogP contribution < -0.4 is 4.74 Å². The fourth-order valence-corrected chi connectivity index (χ4v) is 3.36. The van der Waals surface area contributed by atoms with Crippen molar-refractivity contribution >= 4 is 23.5 Å². The zero-order valence-corrected chi connectivity index (χ0v) is 17.4. The topological polar surface area (TPSA) is 85.7 Å². The van der Waals surface area contributed by atoms with Crippen molar-refractivity contribution < 1.29 is 24.2 Å². The van der Waals surface area contributed by atoms with E-state index in [9.17, 15) is 14.7 Å². The molecule has 0 aliphatic carbocycles. The van der Waals surface area contributed by atoms with Gasteiger partial charge in [-0.05, 0) is 51.8 Å². The fraction of sp³-hybridized carbons (Fsp3) is 0.381. The lowest BCUT2D eigenvalue weighted by Crippen LogP contribution is -2.28. The van der Waals surface area contributed by atoms with Crippen LogP contribution in [0.2, 0.25) is 5.02 Å². The summed E-state index contributed by atoms with van der Waals surface area (Å²) in [6.07, 6.45) is -0.181. The molecule has 0 fully saturated rings. The molecule has 0 aliphatic heterocycles. The first kappa shape index (κ1) is 21.7. The Morgan fingerprint density at radius 1 is 1.14 bits per heavy atom. The number of carboxylic acids is 1. The van der Waals surface area contributed by atoms with E-state index in [1.807, 2.05) is 32.9 Å². The quantitative estimate of drug-likeness (QED) is 0.536. The number of ether oxygens (including phenoxy) is 2. The molecule has 0 amide bonds. The van der Waals surface area contributed by atoms with E-state index in [1.54, 1.807) is 19.9 Å². The van der Waals surface area contributed by atoms with Gasteiger partial charge in [-0.15, -0.1) is 0 Å². The smallest absolute Gasteiger partial charge is 0.320 e. The van der Waals surface area contributed by atoms with E-state index in [2.05, 4.69) is 4.98 Å². The number of rotatable bonds is 7. The Labute approximate surface area is 169 Å². The molecule has 150 valence electrons. The van der Waals surface area contributed by atoms with Gasteiger partial charge >= 0.3 is 11.9 Å². The molecule has 1 atom stereocenters. The van der Waals surface area contributed by atoms with Crippen molar-refractivity contribution in [2.24, 2.45) is 5.92 Å². The maximum atomic E-state index is 12.1. The molecule has 28 heavy (non-hydrogen) atoms. The summed E-state index contributed by atoms with van der Waals surface area (Å²) in [6, 6.07) is 5.58. The number of carboxylic acid groups (broad SMARTS) is 1.